The lowest BCUT2D eigenvalue weighted by atomic mass is 10.0. The largest absolute Gasteiger partial charge is 0.480 e. The van der Waals surface area contributed by atoms with Gasteiger partial charge in [-0.05, 0) is 19.4 Å². The summed E-state index contributed by atoms with van der Waals surface area (Å²) in [7, 11) is 0. The van der Waals surface area contributed by atoms with E-state index in [1.54, 1.807) is 6.20 Å². The zero-order valence-electron chi connectivity index (χ0n) is 8.43. The second kappa shape index (κ2) is 4.44. The van der Waals surface area contributed by atoms with E-state index in [1.165, 1.54) is 6.39 Å². The van der Waals surface area contributed by atoms with Crippen molar-refractivity contribution in [3.63, 3.8) is 0 Å². The summed E-state index contributed by atoms with van der Waals surface area (Å²) in [4.78, 5) is 16.8. The van der Waals surface area contributed by atoms with Crippen LogP contribution in [0.5, 0.6) is 0 Å². The van der Waals surface area contributed by atoms with E-state index in [0.29, 0.717) is 6.54 Å². The van der Waals surface area contributed by atoms with Gasteiger partial charge in [0.2, 0.25) is 0 Å². The lowest BCUT2D eigenvalue weighted by Gasteiger charge is -2.31. The Balaban J connectivity index is 2.02. The van der Waals surface area contributed by atoms with Gasteiger partial charge in [-0.25, -0.2) is 4.98 Å². The van der Waals surface area contributed by atoms with Crippen LogP contribution in [-0.4, -0.2) is 33.5 Å². The lowest BCUT2D eigenvalue weighted by Crippen LogP contribution is -2.43. The highest BCUT2D eigenvalue weighted by Gasteiger charge is 2.28. The number of likely N-dealkylation sites (tertiary alicyclic amines) is 1. The van der Waals surface area contributed by atoms with Crippen LogP contribution in [0.15, 0.2) is 17.0 Å². The zero-order valence-corrected chi connectivity index (χ0v) is 8.43. The molecule has 2 rings (SSSR count). The van der Waals surface area contributed by atoms with Gasteiger partial charge in [-0.15, -0.1) is 0 Å². The Hall–Kier alpha value is -1.36. The van der Waals surface area contributed by atoms with Crippen LogP contribution in [0.1, 0.15) is 25.0 Å². The molecule has 0 spiro atoms. The van der Waals surface area contributed by atoms with E-state index in [9.17, 15) is 4.79 Å². The van der Waals surface area contributed by atoms with Crippen LogP contribution >= 0.6 is 0 Å². The molecule has 1 unspecified atom stereocenters. The van der Waals surface area contributed by atoms with Crippen LogP contribution in [0.25, 0.3) is 0 Å². The van der Waals surface area contributed by atoms with Crippen molar-refractivity contribution in [1.82, 2.24) is 9.88 Å². The number of aliphatic carboxylic acids is 1. The standard InChI is InChI=1S/C10H14N2O3/c13-10(14)9-3-1-2-4-12(9)6-8-5-11-7-15-8/h5,7,9H,1-4,6H2,(H,13,14). The Morgan fingerprint density at radius 3 is 3.20 bits per heavy atom. The fourth-order valence-corrected chi connectivity index (χ4v) is 1.98. The summed E-state index contributed by atoms with van der Waals surface area (Å²) in [6.07, 6.45) is 5.77. The van der Waals surface area contributed by atoms with Crippen molar-refractivity contribution in [2.45, 2.75) is 31.8 Å². The van der Waals surface area contributed by atoms with Crippen molar-refractivity contribution in [3.8, 4) is 0 Å². The molecule has 82 valence electrons. The number of hydrogen-bond donors (Lipinski definition) is 1. The molecule has 0 aromatic carbocycles. The second-order valence-electron chi connectivity index (χ2n) is 3.79. The molecule has 1 fully saturated rings. The zero-order chi connectivity index (χ0) is 10.7. The molecular formula is C10H14N2O3. The van der Waals surface area contributed by atoms with E-state index in [2.05, 4.69) is 4.98 Å². The van der Waals surface area contributed by atoms with E-state index in [4.69, 9.17) is 9.52 Å². The summed E-state index contributed by atoms with van der Waals surface area (Å²) in [6, 6.07) is -0.371. The van der Waals surface area contributed by atoms with Crippen LogP contribution in [0.3, 0.4) is 0 Å². The van der Waals surface area contributed by atoms with Crippen molar-refractivity contribution in [2.24, 2.45) is 0 Å². The van der Waals surface area contributed by atoms with E-state index in [1.807, 2.05) is 4.90 Å². The first-order chi connectivity index (χ1) is 7.27. The highest BCUT2D eigenvalue weighted by atomic mass is 16.4. The first-order valence-electron chi connectivity index (χ1n) is 5.11. The highest BCUT2D eigenvalue weighted by Crippen LogP contribution is 2.19. The Bertz CT molecular complexity index is 323. The van der Waals surface area contributed by atoms with E-state index >= 15 is 0 Å². The van der Waals surface area contributed by atoms with Crippen LogP contribution in [0.4, 0.5) is 0 Å². The maximum Gasteiger partial charge on any atom is 0.320 e. The Morgan fingerprint density at radius 2 is 2.53 bits per heavy atom. The Morgan fingerprint density at radius 1 is 1.67 bits per heavy atom. The number of piperidine rings is 1. The number of carbonyl (C=O) groups is 1. The topological polar surface area (TPSA) is 66.6 Å². The van der Waals surface area contributed by atoms with Crippen LogP contribution in [0.2, 0.25) is 0 Å². The summed E-state index contributed by atoms with van der Waals surface area (Å²) < 4.78 is 5.12. The molecule has 0 saturated carbocycles. The SMILES string of the molecule is O=C(O)C1CCCCN1Cc1cnco1. The van der Waals surface area contributed by atoms with Gasteiger partial charge in [-0.3, -0.25) is 9.69 Å². The summed E-state index contributed by atoms with van der Waals surface area (Å²) in [5.74, 6) is -0.0163. The molecule has 2 heterocycles. The monoisotopic (exact) mass is 210 g/mol. The van der Waals surface area contributed by atoms with Crippen molar-refractivity contribution in [1.29, 1.82) is 0 Å². The third-order valence-electron chi connectivity index (χ3n) is 2.74. The van der Waals surface area contributed by atoms with Crippen molar-refractivity contribution in [2.75, 3.05) is 6.54 Å². The van der Waals surface area contributed by atoms with Crippen molar-refractivity contribution in [3.05, 3.63) is 18.4 Å². The predicted molar refractivity (Wildman–Crippen MR) is 52.2 cm³/mol. The number of hydrogen-bond acceptors (Lipinski definition) is 4. The minimum atomic E-state index is -0.741. The second-order valence-corrected chi connectivity index (χ2v) is 3.79. The lowest BCUT2D eigenvalue weighted by molar-refractivity contribution is -0.145. The number of nitrogens with zero attached hydrogens (tertiary/aromatic N) is 2. The van der Waals surface area contributed by atoms with Crippen LogP contribution in [-0.2, 0) is 11.3 Å². The number of oxazole rings is 1. The molecule has 1 atom stereocenters. The molecule has 5 heteroatoms. The summed E-state index contributed by atoms with van der Waals surface area (Å²) in [6.45, 7) is 1.36. The normalized spacial score (nSPS) is 22.8. The summed E-state index contributed by atoms with van der Waals surface area (Å²) in [5.41, 5.74) is 0. The molecule has 1 aliphatic heterocycles. The smallest absolute Gasteiger partial charge is 0.320 e. The van der Waals surface area contributed by atoms with Gasteiger partial charge in [-0.2, -0.15) is 0 Å². The molecule has 0 bridgehead atoms. The molecule has 0 aliphatic carbocycles. The van der Waals surface area contributed by atoms with Gasteiger partial charge in [0.15, 0.2) is 6.39 Å². The van der Waals surface area contributed by atoms with Gasteiger partial charge >= 0.3 is 5.97 Å². The van der Waals surface area contributed by atoms with Gasteiger partial charge in [0.05, 0.1) is 12.7 Å². The van der Waals surface area contributed by atoms with Gasteiger partial charge < -0.3 is 9.52 Å². The fraction of sp³-hybridized carbons (Fsp3) is 0.600. The number of carboxylic acid groups (broad SMARTS) is 1. The van der Waals surface area contributed by atoms with Gasteiger partial charge in [-0.1, -0.05) is 6.42 Å². The molecule has 0 radical (unpaired) electrons. The van der Waals surface area contributed by atoms with Crippen LogP contribution < -0.4 is 0 Å². The van der Waals surface area contributed by atoms with Gasteiger partial charge in [0.1, 0.15) is 11.8 Å². The number of aromatic nitrogens is 1. The molecular weight excluding hydrogens is 196 g/mol. The molecule has 1 aliphatic rings. The van der Waals surface area contributed by atoms with Crippen LogP contribution in [0, 0.1) is 0 Å². The molecule has 1 aromatic rings. The highest BCUT2D eigenvalue weighted by molar-refractivity contribution is 5.73. The summed E-state index contributed by atoms with van der Waals surface area (Å²) >= 11 is 0. The van der Waals surface area contributed by atoms with Crippen molar-refractivity contribution >= 4 is 5.97 Å². The summed E-state index contributed by atoms with van der Waals surface area (Å²) in [5, 5.41) is 9.05. The fourth-order valence-electron chi connectivity index (χ4n) is 1.98. The van der Waals surface area contributed by atoms with Gasteiger partial charge in [0, 0.05) is 0 Å². The molecule has 15 heavy (non-hydrogen) atoms. The minimum absolute atomic E-state index is 0.371. The molecule has 5 nitrogen and oxygen atoms in total. The average molecular weight is 210 g/mol. The number of carboxylic acids is 1. The van der Waals surface area contributed by atoms with Gasteiger partial charge in [0.25, 0.3) is 0 Å². The Kier molecular flexibility index (Phi) is 3.01. The molecule has 1 aromatic heterocycles. The van der Waals surface area contributed by atoms with E-state index in [-0.39, 0.29) is 6.04 Å². The molecule has 1 saturated heterocycles. The van der Waals surface area contributed by atoms with E-state index < -0.39 is 5.97 Å². The maximum atomic E-state index is 11.0. The predicted octanol–water partition coefficient (Wildman–Crippen LogP) is 1.11. The quantitative estimate of drug-likeness (QED) is 0.809. The average Bonchev–Trinajstić information content (AvgIpc) is 2.71. The maximum absolute atomic E-state index is 11.0. The minimum Gasteiger partial charge on any atom is -0.480 e. The Labute approximate surface area is 87.7 Å². The first-order valence-corrected chi connectivity index (χ1v) is 5.11. The number of rotatable bonds is 3. The third-order valence-corrected chi connectivity index (χ3v) is 2.74. The third kappa shape index (κ3) is 2.36. The van der Waals surface area contributed by atoms with Crippen molar-refractivity contribution < 1.29 is 14.3 Å². The van der Waals surface area contributed by atoms with E-state index in [0.717, 1.165) is 31.6 Å². The molecule has 1 N–H and O–H groups in total. The molecule has 0 amide bonds. The first kappa shape index (κ1) is 10.2.